The summed E-state index contributed by atoms with van der Waals surface area (Å²) in [5.74, 6) is 0.864. The molecule has 10 heavy (non-hydrogen) atoms. The maximum Gasteiger partial charge on any atom is 0.0109 e. The Morgan fingerprint density at radius 3 is 3.10 bits per heavy atom. The third-order valence-corrected chi connectivity index (χ3v) is 2.42. The van der Waals surface area contributed by atoms with E-state index in [0.29, 0.717) is 0 Å². The molecule has 0 saturated heterocycles. The van der Waals surface area contributed by atoms with E-state index in [-0.39, 0.29) is 0 Å². The standard InChI is InChI=1S/C9H17N/c1-2-8-4-3-5-9(8)6-7-10/h6,8H,2-5,7,10H2,1H3. The first kappa shape index (κ1) is 7.80. The van der Waals surface area contributed by atoms with Gasteiger partial charge in [0.25, 0.3) is 0 Å². The van der Waals surface area contributed by atoms with Crippen LogP contribution in [0.25, 0.3) is 0 Å². The Morgan fingerprint density at radius 1 is 1.70 bits per heavy atom. The van der Waals surface area contributed by atoms with Crippen LogP contribution >= 0.6 is 0 Å². The second kappa shape index (κ2) is 3.77. The smallest absolute Gasteiger partial charge is 0.0109 e. The van der Waals surface area contributed by atoms with Crippen LogP contribution in [0.4, 0.5) is 0 Å². The zero-order chi connectivity index (χ0) is 7.40. The van der Waals surface area contributed by atoms with E-state index in [0.717, 1.165) is 12.5 Å². The molecule has 1 rings (SSSR count). The minimum Gasteiger partial charge on any atom is -0.327 e. The fraction of sp³-hybridized carbons (Fsp3) is 0.778. The average Bonchev–Trinajstić information content (AvgIpc) is 2.36. The molecule has 1 aliphatic carbocycles. The lowest BCUT2D eigenvalue weighted by atomic mass is 10.00. The van der Waals surface area contributed by atoms with Crippen LogP contribution in [-0.2, 0) is 0 Å². The molecule has 0 radical (unpaired) electrons. The maximum absolute atomic E-state index is 5.45. The Balaban J connectivity index is 2.49. The van der Waals surface area contributed by atoms with Gasteiger partial charge in [-0.15, -0.1) is 0 Å². The van der Waals surface area contributed by atoms with Crippen molar-refractivity contribution in [2.24, 2.45) is 11.7 Å². The summed E-state index contributed by atoms with van der Waals surface area (Å²) in [6, 6.07) is 0. The minimum atomic E-state index is 0.728. The summed E-state index contributed by atoms with van der Waals surface area (Å²) < 4.78 is 0. The van der Waals surface area contributed by atoms with Gasteiger partial charge in [-0.3, -0.25) is 0 Å². The van der Waals surface area contributed by atoms with Crippen molar-refractivity contribution in [3.05, 3.63) is 11.6 Å². The van der Waals surface area contributed by atoms with Gasteiger partial charge in [0.15, 0.2) is 0 Å². The van der Waals surface area contributed by atoms with E-state index in [1.807, 2.05) is 0 Å². The molecule has 1 atom stereocenters. The van der Waals surface area contributed by atoms with Crippen molar-refractivity contribution in [1.82, 2.24) is 0 Å². The Bertz CT molecular complexity index is 127. The van der Waals surface area contributed by atoms with Crippen molar-refractivity contribution in [3.63, 3.8) is 0 Å². The summed E-state index contributed by atoms with van der Waals surface area (Å²) in [6.45, 7) is 2.99. The van der Waals surface area contributed by atoms with E-state index in [1.165, 1.54) is 25.7 Å². The van der Waals surface area contributed by atoms with E-state index in [9.17, 15) is 0 Å². The third-order valence-electron chi connectivity index (χ3n) is 2.42. The number of allylic oxidation sites excluding steroid dienone is 1. The van der Waals surface area contributed by atoms with Crippen LogP contribution in [-0.4, -0.2) is 6.54 Å². The predicted octanol–water partition coefficient (Wildman–Crippen LogP) is 2.08. The van der Waals surface area contributed by atoms with Gasteiger partial charge in [-0.05, 0) is 31.6 Å². The second-order valence-corrected chi connectivity index (χ2v) is 3.01. The van der Waals surface area contributed by atoms with Crippen LogP contribution < -0.4 is 5.73 Å². The van der Waals surface area contributed by atoms with Crippen LogP contribution in [0.5, 0.6) is 0 Å². The van der Waals surface area contributed by atoms with Crippen LogP contribution in [0.1, 0.15) is 32.6 Å². The van der Waals surface area contributed by atoms with Gasteiger partial charge >= 0.3 is 0 Å². The Morgan fingerprint density at radius 2 is 2.50 bits per heavy atom. The molecule has 0 aromatic carbocycles. The number of nitrogens with two attached hydrogens (primary N) is 1. The summed E-state index contributed by atoms with van der Waals surface area (Å²) in [7, 11) is 0. The molecule has 1 saturated carbocycles. The quantitative estimate of drug-likeness (QED) is 0.582. The molecule has 1 heteroatoms. The zero-order valence-corrected chi connectivity index (χ0v) is 6.77. The van der Waals surface area contributed by atoms with E-state index in [4.69, 9.17) is 5.73 Å². The lowest BCUT2D eigenvalue weighted by Crippen LogP contribution is -1.99. The number of hydrogen-bond acceptors (Lipinski definition) is 1. The van der Waals surface area contributed by atoms with E-state index in [1.54, 1.807) is 5.57 Å². The van der Waals surface area contributed by atoms with Gasteiger partial charge in [0.05, 0.1) is 0 Å². The SMILES string of the molecule is CCC1CCCC1=CCN. The van der Waals surface area contributed by atoms with Crippen molar-refractivity contribution in [2.75, 3.05) is 6.54 Å². The third kappa shape index (κ3) is 1.60. The molecule has 0 aromatic heterocycles. The molecular formula is C9H17N. The summed E-state index contributed by atoms with van der Waals surface area (Å²) in [4.78, 5) is 0. The fourth-order valence-corrected chi connectivity index (χ4v) is 1.83. The van der Waals surface area contributed by atoms with Crippen molar-refractivity contribution in [3.8, 4) is 0 Å². The van der Waals surface area contributed by atoms with E-state index >= 15 is 0 Å². The zero-order valence-electron chi connectivity index (χ0n) is 6.77. The average molecular weight is 139 g/mol. The van der Waals surface area contributed by atoms with Crippen molar-refractivity contribution in [2.45, 2.75) is 32.6 Å². The van der Waals surface area contributed by atoms with Crippen molar-refractivity contribution in [1.29, 1.82) is 0 Å². The molecule has 58 valence electrons. The minimum absolute atomic E-state index is 0.728. The summed E-state index contributed by atoms with van der Waals surface area (Å²) >= 11 is 0. The lowest BCUT2D eigenvalue weighted by molar-refractivity contribution is 0.605. The van der Waals surface area contributed by atoms with Crippen LogP contribution in [0.15, 0.2) is 11.6 Å². The predicted molar refractivity (Wildman–Crippen MR) is 44.8 cm³/mol. The monoisotopic (exact) mass is 139 g/mol. The Kier molecular flexibility index (Phi) is 2.94. The van der Waals surface area contributed by atoms with Crippen molar-refractivity contribution < 1.29 is 0 Å². The molecule has 1 fully saturated rings. The highest BCUT2D eigenvalue weighted by atomic mass is 14.5. The summed E-state index contributed by atoms with van der Waals surface area (Å²) in [6.07, 6.45) is 7.58. The van der Waals surface area contributed by atoms with Gasteiger partial charge < -0.3 is 5.73 Å². The van der Waals surface area contributed by atoms with Gasteiger partial charge in [-0.1, -0.05) is 18.6 Å². The highest BCUT2D eigenvalue weighted by molar-refractivity contribution is 5.11. The fourth-order valence-electron chi connectivity index (χ4n) is 1.83. The molecule has 0 aromatic rings. The number of rotatable bonds is 2. The molecular weight excluding hydrogens is 122 g/mol. The molecule has 0 bridgehead atoms. The van der Waals surface area contributed by atoms with Crippen molar-refractivity contribution >= 4 is 0 Å². The topological polar surface area (TPSA) is 26.0 Å². The Labute approximate surface area is 63.3 Å². The number of hydrogen-bond donors (Lipinski definition) is 1. The molecule has 0 amide bonds. The second-order valence-electron chi connectivity index (χ2n) is 3.01. The first-order valence-corrected chi connectivity index (χ1v) is 4.27. The largest absolute Gasteiger partial charge is 0.327 e. The highest BCUT2D eigenvalue weighted by Gasteiger charge is 2.17. The first-order chi connectivity index (χ1) is 4.88. The van der Waals surface area contributed by atoms with E-state index < -0.39 is 0 Å². The summed E-state index contributed by atoms with van der Waals surface area (Å²) in [5, 5.41) is 0. The maximum atomic E-state index is 5.45. The van der Waals surface area contributed by atoms with E-state index in [2.05, 4.69) is 13.0 Å². The van der Waals surface area contributed by atoms with Crippen LogP contribution in [0.2, 0.25) is 0 Å². The summed E-state index contributed by atoms with van der Waals surface area (Å²) in [5.41, 5.74) is 7.06. The molecule has 1 aliphatic rings. The van der Waals surface area contributed by atoms with Crippen LogP contribution in [0.3, 0.4) is 0 Å². The molecule has 1 nitrogen and oxygen atoms in total. The van der Waals surface area contributed by atoms with Gasteiger partial charge in [0.1, 0.15) is 0 Å². The molecule has 0 spiro atoms. The van der Waals surface area contributed by atoms with Gasteiger partial charge in [0, 0.05) is 6.54 Å². The normalized spacial score (nSPS) is 29.8. The highest BCUT2D eigenvalue weighted by Crippen LogP contribution is 2.32. The molecule has 0 aliphatic heterocycles. The Hall–Kier alpha value is -0.300. The lowest BCUT2D eigenvalue weighted by Gasteiger charge is -2.06. The molecule has 1 unspecified atom stereocenters. The van der Waals surface area contributed by atoms with Gasteiger partial charge in [0.2, 0.25) is 0 Å². The van der Waals surface area contributed by atoms with Crippen LogP contribution in [0, 0.1) is 5.92 Å². The first-order valence-electron chi connectivity index (χ1n) is 4.27. The van der Waals surface area contributed by atoms with Gasteiger partial charge in [-0.2, -0.15) is 0 Å². The molecule has 0 heterocycles. The molecule has 2 N–H and O–H groups in total. The van der Waals surface area contributed by atoms with Gasteiger partial charge in [-0.25, -0.2) is 0 Å².